The molecule has 1 heterocycles. The van der Waals surface area contributed by atoms with Crippen molar-refractivity contribution < 1.29 is 17.6 Å². The molecule has 0 saturated carbocycles. The summed E-state index contributed by atoms with van der Waals surface area (Å²) in [4.78, 5) is 4.48. The summed E-state index contributed by atoms with van der Waals surface area (Å²) in [6, 6.07) is 20.2. The van der Waals surface area contributed by atoms with E-state index in [1.165, 1.54) is 24.3 Å². The van der Waals surface area contributed by atoms with E-state index in [9.17, 15) is 17.6 Å². The van der Waals surface area contributed by atoms with E-state index in [2.05, 4.69) is 4.98 Å². The van der Waals surface area contributed by atoms with Crippen molar-refractivity contribution in [2.45, 2.75) is 12.7 Å². The lowest BCUT2D eigenvalue weighted by Crippen LogP contribution is -2.08. The van der Waals surface area contributed by atoms with Gasteiger partial charge in [-0.15, -0.1) is 0 Å². The molecule has 0 unspecified atom stereocenters. The van der Waals surface area contributed by atoms with Crippen LogP contribution in [-0.4, -0.2) is 9.55 Å². The van der Waals surface area contributed by atoms with Crippen molar-refractivity contribution in [3.8, 4) is 22.5 Å². The average molecular weight is 411 g/mol. The molecule has 152 valence electrons. The van der Waals surface area contributed by atoms with Gasteiger partial charge in [0.15, 0.2) is 0 Å². The SMILES string of the molecule is Nc1nc(-c2ccccc2)c(-c2cccc(F)c2)n1Cc1ccc(C(F)(F)F)cc1. The zero-order valence-corrected chi connectivity index (χ0v) is 15.7. The minimum absolute atomic E-state index is 0.188. The summed E-state index contributed by atoms with van der Waals surface area (Å²) in [6.07, 6.45) is -4.40. The molecule has 3 aromatic carbocycles. The summed E-state index contributed by atoms with van der Waals surface area (Å²) in [5, 5.41) is 0. The quantitative estimate of drug-likeness (QED) is 0.418. The molecule has 0 spiro atoms. The molecule has 0 aliphatic rings. The molecule has 0 aliphatic heterocycles. The Morgan fingerprint density at radius 3 is 2.13 bits per heavy atom. The third kappa shape index (κ3) is 3.91. The van der Waals surface area contributed by atoms with Gasteiger partial charge in [0.1, 0.15) is 5.82 Å². The fraction of sp³-hybridized carbons (Fsp3) is 0.0870. The number of hydrogen-bond acceptors (Lipinski definition) is 2. The fourth-order valence-electron chi connectivity index (χ4n) is 3.34. The number of nitrogen functional groups attached to an aromatic ring is 1. The Kier molecular flexibility index (Phi) is 5.03. The maximum atomic E-state index is 13.9. The summed E-state index contributed by atoms with van der Waals surface area (Å²) >= 11 is 0. The van der Waals surface area contributed by atoms with Crippen LogP contribution in [0.5, 0.6) is 0 Å². The van der Waals surface area contributed by atoms with Crippen molar-refractivity contribution in [1.29, 1.82) is 0 Å². The Bertz CT molecular complexity index is 1160. The fourth-order valence-corrected chi connectivity index (χ4v) is 3.34. The van der Waals surface area contributed by atoms with Gasteiger partial charge in [-0.2, -0.15) is 13.2 Å². The van der Waals surface area contributed by atoms with Gasteiger partial charge in [-0.05, 0) is 29.8 Å². The molecule has 2 N–H and O–H groups in total. The first kappa shape index (κ1) is 19.7. The zero-order valence-electron chi connectivity index (χ0n) is 15.7. The van der Waals surface area contributed by atoms with Crippen LogP contribution in [0, 0.1) is 5.82 Å². The molecule has 0 radical (unpaired) electrons. The largest absolute Gasteiger partial charge is 0.416 e. The predicted molar refractivity (Wildman–Crippen MR) is 108 cm³/mol. The smallest absolute Gasteiger partial charge is 0.369 e. The topological polar surface area (TPSA) is 43.8 Å². The molecular formula is C23H17F4N3. The maximum Gasteiger partial charge on any atom is 0.416 e. The molecule has 4 rings (SSSR count). The number of aromatic nitrogens is 2. The number of nitrogens with zero attached hydrogens (tertiary/aromatic N) is 2. The summed E-state index contributed by atoms with van der Waals surface area (Å²) < 4.78 is 54.2. The van der Waals surface area contributed by atoms with Crippen LogP contribution in [0.2, 0.25) is 0 Å². The van der Waals surface area contributed by atoms with Gasteiger partial charge < -0.3 is 10.3 Å². The van der Waals surface area contributed by atoms with Crippen molar-refractivity contribution in [2.75, 3.05) is 5.73 Å². The number of halogens is 4. The number of anilines is 1. The van der Waals surface area contributed by atoms with Gasteiger partial charge in [-0.3, -0.25) is 0 Å². The molecule has 0 atom stereocenters. The maximum absolute atomic E-state index is 13.9. The zero-order chi connectivity index (χ0) is 21.3. The van der Waals surface area contributed by atoms with Crippen LogP contribution in [0.3, 0.4) is 0 Å². The lowest BCUT2D eigenvalue weighted by Gasteiger charge is -2.13. The van der Waals surface area contributed by atoms with Crippen LogP contribution in [0.4, 0.5) is 23.5 Å². The van der Waals surface area contributed by atoms with E-state index in [0.29, 0.717) is 22.5 Å². The average Bonchev–Trinajstić information content (AvgIpc) is 3.04. The number of benzene rings is 3. The standard InChI is InChI=1S/C23H17F4N3/c24-19-8-4-7-17(13-19)21-20(16-5-2-1-3-6-16)29-22(28)30(21)14-15-9-11-18(12-10-15)23(25,26)27/h1-13H,14H2,(H2,28,29). The van der Waals surface area contributed by atoms with Crippen LogP contribution in [0.15, 0.2) is 78.9 Å². The second-order valence-electron chi connectivity index (χ2n) is 6.82. The highest BCUT2D eigenvalue weighted by Gasteiger charge is 2.30. The summed E-state index contributed by atoms with van der Waals surface area (Å²) in [6.45, 7) is 0.190. The highest BCUT2D eigenvalue weighted by atomic mass is 19.4. The Labute approximate surface area is 170 Å². The summed E-state index contributed by atoms with van der Waals surface area (Å²) in [5.41, 5.74) is 8.62. The normalized spacial score (nSPS) is 11.6. The molecule has 0 fully saturated rings. The molecule has 3 nitrogen and oxygen atoms in total. The van der Waals surface area contributed by atoms with E-state index in [4.69, 9.17) is 5.73 Å². The second-order valence-corrected chi connectivity index (χ2v) is 6.82. The first-order chi connectivity index (χ1) is 14.3. The van der Waals surface area contributed by atoms with Gasteiger partial charge in [0.25, 0.3) is 0 Å². The van der Waals surface area contributed by atoms with Gasteiger partial charge in [0, 0.05) is 11.1 Å². The van der Waals surface area contributed by atoms with Crippen LogP contribution >= 0.6 is 0 Å². The van der Waals surface area contributed by atoms with E-state index < -0.39 is 17.6 Å². The van der Waals surface area contributed by atoms with E-state index in [1.807, 2.05) is 30.3 Å². The molecule has 30 heavy (non-hydrogen) atoms. The third-order valence-electron chi connectivity index (χ3n) is 4.76. The molecule has 1 aromatic heterocycles. The van der Waals surface area contributed by atoms with Gasteiger partial charge >= 0.3 is 6.18 Å². The first-order valence-electron chi connectivity index (χ1n) is 9.16. The Hall–Kier alpha value is -3.61. The van der Waals surface area contributed by atoms with Gasteiger partial charge in [-0.25, -0.2) is 9.37 Å². The van der Waals surface area contributed by atoms with Crippen LogP contribution < -0.4 is 5.73 Å². The number of imidazole rings is 1. The van der Waals surface area contributed by atoms with E-state index in [1.54, 1.807) is 16.7 Å². The number of hydrogen-bond donors (Lipinski definition) is 1. The number of alkyl halides is 3. The molecule has 0 aliphatic carbocycles. The van der Waals surface area contributed by atoms with Crippen molar-refractivity contribution in [1.82, 2.24) is 9.55 Å². The summed E-state index contributed by atoms with van der Waals surface area (Å²) in [5.74, 6) is -0.222. The molecule has 7 heteroatoms. The third-order valence-corrected chi connectivity index (χ3v) is 4.76. The van der Waals surface area contributed by atoms with E-state index >= 15 is 0 Å². The molecular weight excluding hydrogens is 394 g/mol. The van der Waals surface area contributed by atoms with Crippen LogP contribution in [0.25, 0.3) is 22.5 Å². The lowest BCUT2D eigenvalue weighted by molar-refractivity contribution is -0.137. The van der Waals surface area contributed by atoms with Crippen molar-refractivity contribution >= 4 is 5.95 Å². The first-order valence-corrected chi connectivity index (χ1v) is 9.16. The van der Waals surface area contributed by atoms with Gasteiger partial charge in [-0.1, -0.05) is 54.6 Å². The van der Waals surface area contributed by atoms with Crippen molar-refractivity contribution in [2.24, 2.45) is 0 Å². The van der Waals surface area contributed by atoms with Crippen molar-refractivity contribution in [3.05, 3.63) is 95.8 Å². The summed E-state index contributed by atoms with van der Waals surface area (Å²) in [7, 11) is 0. The Morgan fingerprint density at radius 1 is 0.833 bits per heavy atom. The van der Waals surface area contributed by atoms with Crippen LogP contribution in [0.1, 0.15) is 11.1 Å². The predicted octanol–water partition coefficient (Wildman–Crippen LogP) is 6.01. The van der Waals surface area contributed by atoms with E-state index in [0.717, 1.165) is 17.7 Å². The monoisotopic (exact) mass is 411 g/mol. The Morgan fingerprint density at radius 2 is 1.50 bits per heavy atom. The van der Waals surface area contributed by atoms with Gasteiger partial charge in [0.05, 0.1) is 23.5 Å². The second kappa shape index (κ2) is 7.67. The highest BCUT2D eigenvalue weighted by molar-refractivity contribution is 5.80. The minimum atomic E-state index is -4.40. The number of nitrogens with two attached hydrogens (primary N) is 1. The Balaban J connectivity index is 1.82. The number of rotatable bonds is 4. The lowest BCUT2D eigenvalue weighted by atomic mass is 10.0. The highest BCUT2D eigenvalue weighted by Crippen LogP contribution is 2.35. The molecule has 0 amide bonds. The molecule has 0 saturated heterocycles. The molecule has 0 bridgehead atoms. The van der Waals surface area contributed by atoms with E-state index in [-0.39, 0.29) is 12.5 Å². The van der Waals surface area contributed by atoms with Crippen LogP contribution in [-0.2, 0) is 12.7 Å². The molecule has 4 aromatic rings. The van der Waals surface area contributed by atoms with Gasteiger partial charge in [0.2, 0.25) is 5.95 Å². The minimum Gasteiger partial charge on any atom is -0.369 e. The van der Waals surface area contributed by atoms with Crippen molar-refractivity contribution in [3.63, 3.8) is 0 Å².